The van der Waals surface area contributed by atoms with Crippen LogP contribution < -0.4 is 20.1 Å². The van der Waals surface area contributed by atoms with Gasteiger partial charge in [-0.05, 0) is 37.5 Å². The predicted octanol–water partition coefficient (Wildman–Crippen LogP) is 1.77. The van der Waals surface area contributed by atoms with Crippen molar-refractivity contribution in [3.8, 4) is 11.5 Å². The highest BCUT2D eigenvalue weighted by molar-refractivity contribution is 5.95. The largest absolute Gasteiger partial charge is 0.459 e. The molecule has 0 unspecified atom stereocenters. The van der Waals surface area contributed by atoms with E-state index >= 15 is 0 Å². The molecule has 3 heterocycles. The SMILES string of the molecule is CC1=C(C(=O)OC[C@@H]2CCCO2)[C@H](c2ccc3c(c2)OCO3)NC(=O)N1. The van der Waals surface area contributed by atoms with E-state index in [1.54, 1.807) is 25.1 Å². The fraction of sp³-hybridized carbons (Fsp3) is 0.444. The molecule has 8 nitrogen and oxygen atoms in total. The number of benzene rings is 1. The van der Waals surface area contributed by atoms with Gasteiger partial charge in [-0.3, -0.25) is 0 Å². The zero-order valence-corrected chi connectivity index (χ0v) is 14.4. The summed E-state index contributed by atoms with van der Waals surface area (Å²) in [6.07, 6.45) is 1.79. The Morgan fingerprint density at radius 3 is 2.96 bits per heavy atom. The summed E-state index contributed by atoms with van der Waals surface area (Å²) in [7, 11) is 0. The van der Waals surface area contributed by atoms with Gasteiger partial charge in [0.1, 0.15) is 6.61 Å². The van der Waals surface area contributed by atoms with E-state index in [4.69, 9.17) is 18.9 Å². The number of rotatable bonds is 4. The van der Waals surface area contributed by atoms with E-state index in [9.17, 15) is 9.59 Å². The van der Waals surface area contributed by atoms with E-state index in [2.05, 4.69) is 10.6 Å². The van der Waals surface area contributed by atoms with Gasteiger partial charge in [-0.25, -0.2) is 9.59 Å². The maximum atomic E-state index is 12.7. The van der Waals surface area contributed by atoms with Gasteiger partial charge in [0, 0.05) is 12.3 Å². The fourth-order valence-corrected chi connectivity index (χ4v) is 3.33. The van der Waals surface area contributed by atoms with Crippen molar-refractivity contribution in [3.05, 3.63) is 35.0 Å². The van der Waals surface area contributed by atoms with E-state index in [1.807, 2.05) is 0 Å². The number of nitrogens with one attached hydrogen (secondary N) is 2. The average Bonchev–Trinajstić information content (AvgIpc) is 3.29. The first-order valence-corrected chi connectivity index (χ1v) is 8.58. The summed E-state index contributed by atoms with van der Waals surface area (Å²) in [6, 6.07) is 4.32. The molecule has 0 aliphatic carbocycles. The second kappa shape index (κ2) is 6.87. The molecular formula is C18H20N2O6. The number of urea groups is 1. The van der Waals surface area contributed by atoms with Crippen molar-refractivity contribution >= 4 is 12.0 Å². The molecule has 2 atom stereocenters. The van der Waals surface area contributed by atoms with Gasteiger partial charge in [0.05, 0.1) is 17.7 Å². The molecule has 1 saturated heterocycles. The number of amides is 2. The van der Waals surface area contributed by atoms with E-state index in [1.165, 1.54) is 0 Å². The first kappa shape index (κ1) is 16.7. The minimum absolute atomic E-state index is 0.0602. The van der Waals surface area contributed by atoms with Crippen LogP contribution in [0.4, 0.5) is 4.79 Å². The predicted molar refractivity (Wildman–Crippen MR) is 89.6 cm³/mol. The molecule has 1 fully saturated rings. The number of fused-ring (bicyclic) bond motifs is 1. The van der Waals surface area contributed by atoms with Crippen LogP contribution in [0.15, 0.2) is 29.5 Å². The van der Waals surface area contributed by atoms with Gasteiger partial charge in [0.15, 0.2) is 11.5 Å². The monoisotopic (exact) mass is 360 g/mol. The highest BCUT2D eigenvalue weighted by atomic mass is 16.7. The zero-order valence-electron chi connectivity index (χ0n) is 14.4. The molecule has 0 saturated carbocycles. The molecule has 26 heavy (non-hydrogen) atoms. The Kier molecular flexibility index (Phi) is 4.42. The Morgan fingerprint density at radius 1 is 1.31 bits per heavy atom. The van der Waals surface area contributed by atoms with E-state index < -0.39 is 12.0 Å². The Hall–Kier alpha value is -2.74. The molecule has 1 aromatic rings. The average molecular weight is 360 g/mol. The summed E-state index contributed by atoms with van der Waals surface area (Å²) < 4.78 is 21.6. The third-order valence-corrected chi connectivity index (χ3v) is 4.64. The summed E-state index contributed by atoms with van der Waals surface area (Å²) >= 11 is 0. The summed E-state index contributed by atoms with van der Waals surface area (Å²) in [5.74, 6) is 0.741. The molecule has 0 bridgehead atoms. The first-order chi connectivity index (χ1) is 12.6. The second-order valence-electron chi connectivity index (χ2n) is 6.42. The van der Waals surface area contributed by atoms with Gasteiger partial charge in [0.25, 0.3) is 0 Å². The Bertz CT molecular complexity index is 769. The smallest absolute Gasteiger partial charge is 0.338 e. The maximum absolute atomic E-state index is 12.7. The van der Waals surface area contributed by atoms with Crippen LogP contribution in [0.5, 0.6) is 11.5 Å². The third-order valence-electron chi connectivity index (χ3n) is 4.64. The zero-order chi connectivity index (χ0) is 18.1. The van der Waals surface area contributed by atoms with Crippen molar-refractivity contribution in [1.82, 2.24) is 10.6 Å². The van der Waals surface area contributed by atoms with Crippen molar-refractivity contribution in [2.24, 2.45) is 0 Å². The van der Waals surface area contributed by atoms with Crippen LogP contribution in [0.1, 0.15) is 31.4 Å². The van der Waals surface area contributed by atoms with Crippen LogP contribution >= 0.6 is 0 Å². The van der Waals surface area contributed by atoms with Gasteiger partial charge >= 0.3 is 12.0 Å². The number of hydrogen-bond donors (Lipinski definition) is 2. The molecule has 138 valence electrons. The summed E-state index contributed by atoms with van der Waals surface area (Å²) in [5.41, 5.74) is 1.54. The van der Waals surface area contributed by atoms with E-state index in [0.29, 0.717) is 34.9 Å². The Labute approximate surface area is 150 Å². The molecule has 4 rings (SSSR count). The first-order valence-electron chi connectivity index (χ1n) is 8.58. The number of esters is 1. The van der Waals surface area contributed by atoms with Crippen molar-refractivity contribution in [1.29, 1.82) is 0 Å². The number of hydrogen-bond acceptors (Lipinski definition) is 6. The van der Waals surface area contributed by atoms with E-state index in [0.717, 1.165) is 12.8 Å². The lowest BCUT2D eigenvalue weighted by Crippen LogP contribution is -2.45. The summed E-state index contributed by atoms with van der Waals surface area (Å²) in [6.45, 7) is 2.74. The number of carbonyl (C=O) groups is 2. The van der Waals surface area contributed by atoms with Crippen LogP contribution in [0.25, 0.3) is 0 Å². The standard InChI is InChI=1S/C18H20N2O6/c1-10-15(17(21)24-8-12-3-2-6-23-12)16(20-18(22)19-10)11-4-5-13-14(7-11)26-9-25-13/h4-5,7,12,16H,2-3,6,8-9H2,1H3,(H2,19,20,22)/t12-,16-/m0/s1. The van der Waals surface area contributed by atoms with Gasteiger partial charge in [-0.15, -0.1) is 0 Å². The lowest BCUT2D eigenvalue weighted by Gasteiger charge is -2.28. The highest BCUT2D eigenvalue weighted by Crippen LogP contribution is 2.37. The van der Waals surface area contributed by atoms with Crippen LogP contribution in [0.2, 0.25) is 0 Å². The fourth-order valence-electron chi connectivity index (χ4n) is 3.33. The maximum Gasteiger partial charge on any atom is 0.338 e. The molecule has 1 aromatic carbocycles. The van der Waals surface area contributed by atoms with Crippen molar-refractivity contribution < 1.29 is 28.5 Å². The second-order valence-corrected chi connectivity index (χ2v) is 6.42. The lowest BCUT2D eigenvalue weighted by atomic mass is 9.95. The van der Waals surface area contributed by atoms with Crippen LogP contribution in [0.3, 0.4) is 0 Å². The minimum atomic E-state index is -0.629. The third kappa shape index (κ3) is 3.20. The van der Waals surface area contributed by atoms with Crippen molar-refractivity contribution in [2.45, 2.75) is 31.9 Å². The van der Waals surface area contributed by atoms with Crippen molar-refractivity contribution in [2.75, 3.05) is 20.0 Å². The number of allylic oxidation sites excluding steroid dienone is 1. The molecule has 3 aliphatic rings. The molecule has 0 radical (unpaired) electrons. The van der Waals surface area contributed by atoms with Crippen LogP contribution in [0, 0.1) is 0 Å². The Morgan fingerprint density at radius 2 is 2.15 bits per heavy atom. The van der Waals surface area contributed by atoms with E-state index in [-0.39, 0.29) is 25.5 Å². The molecule has 8 heteroatoms. The Balaban J connectivity index is 1.57. The molecular weight excluding hydrogens is 340 g/mol. The van der Waals surface area contributed by atoms with Crippen LogP contribution in [-0.2, 0) is 14.3 Å². The topological polar surface area (TPSA) is 95.1 Å². The number of ether oxygens (including phenoxy) is 4. The molecule has 0 aromatic heterocycles. The number of carbonyl (C=O) groups excluding carboxylic acids is 2. The molecule has 2 N–H and O–H groups in total. The summed E-state index contributed by atoms with van der Waals surface area (Å²) in [5, 5.41) is 5.41. The van der Waals surface area contributed by atoms with Gasteiger partial charge in [0.2, 0.25) is 6.79 Å². The molecule has 2 amide bonds. The summed E-state index contributed by atoms with van der Waals surface area (Å²) in [4.78, 5) is 24.6. The molecule has 0 spiro atoms. The quantitative estimate of drug-likeness (QED) is 0.795. The normalized spacial score (nSPS) is 24.3. The highest BCUT2D eigenvalue weighted by Gasteiger charge is 2.33. The van der Waals surface area contributed by atoms with Gasteiger partial charge in [-0.1, -0.05) is 6.07 Å². The van der Waals surface area contributed by atoms with Crippen molar-refractivity contribution in [3.63, 3.8) is 0 Å². The molecule has 3 aliphatic heterocycles. The van der Waals surface area contributed by atoms with Gasteiger partial charge in [-0.2, -0.15) is 0 Å². The van der Waals surface area contributed by atoms with Crippen LogP contribution in [-0.4, -0.2) is 38.1 Å². The van der Waals surface area contributed by atoms with Gasteiger partial charge < -0.3 is 29.6 Å². The lowest BCUT2D eigenvalue weighted by molar-refractivity contribution is -0.142. The minimum Gasteiger partial charge on any atom is -0.459 e.